The van der Waals surface area contributed by atoms with E-state index in [0.29, 0.717) is 25.9 Å². The molecule has 1 atom stereocenters. The molecule has 6 N–H and O–H groups in total. The van der Waals surface area contributed by atoms with Crippen molar-refractivity contribution < 1.29 is 19.5 Å². The number of hydrogen-bond acceptors (Lipinski definition) is 5. The van der Waals surface area contributed by atoms with Crippen molar-refractivity contribution in [1.82, 2.24) is 16.0 Å². The monoisotopic (exact) mass is 557 g/mol. The number of benzene rings is 3. The average molecular weight is 558 g/mol. The van der Waals surface area contributed by atoms with Crippen LogP contribution in [0.2, 0.25) is 0 Å². The van der Waals surface area contributed by atoms with E-state index in [4.69, 9.17) is 10.8 Å². The molecule has 9 heteroatoms. The van der Waals surface area contributed by atoms with Crippen LogP contribution in [0.5, 0.6) is 0 Å². The summed E-state index contributed by atoms with van der Waals surface area (Å²) in [6.07, 6.45) is 1.33. The summed E-state index contributed by atoms with van der Waals surface area (Å²) in [5, 5.41) is 17.2. The third-order valence-electron chi connectivity index (χ3n) is 6.96. The van der Waals surface area contributed by atoms with E-state index in [1.807, 2.05) is 72.8 Å². The Labute approximate surface area is 241 Å². The Bertz CT molecular complexity index is 1370. The van der Waals surface area contributed by atoms with E-state index < -0.39 is 11.6 Å². The van der Waals surface area contributed by atoms with Gasteiger partial charge in [0.25, 0.3) is 0 Å². The van der Waals surface area contributed by atoms with Crippen LogP contribution in [-0.4, -0.2) is 47.7 Å². The van der Waals surface area contributed by atoms with Gasteiger partial charge >= 0.3 is 6.03 Å². The van der Waals surface area contributed by atoms with Crippen LogP contribution >= 0.6 is 0 Å². The molecule has 0 bridgehead atoms. The summed E-state index contributed by atoms with van der Waals surface area (Å²) < 4.78 is 0. The fraction of sp³-hybridized carbons (Fsp3) is 0.344. The smallest absolute Gasteiger partial charge is 0.315 e. The molecule has 0 spiro atoms. The minimum atomic E-state index is -0.663. The summed E-state index contributed by atoms with van der Waals surface area (Å²) in [6.45, 7) is 4.35. The molecule has 0 saturated carbocycles. The number of carbonyl (C=O) groups excluding carboxylic acids is 3. The number of amides is 4. The first kappa shape index (κ1) is 29.8. The fourth-order valence-electron chi connectivity index (χ4n) is 5.01. The molecule has 0 fully saturated rings. The molecule has 216 valence electrons. The maximum Gasteiger partial charge on any atom is 0.315 e. The van der Waals surface area contributed by atoms with Gasteiger partial charge in [-0.1, -0.05) is 66.7 Å². The Hall–Kier alpha value is -4.21. The lowest BCUT2D eigenvalue weighted by molar-refractivity contribution is -0.128. The summed E-state index contributed by atoms with van der Waals surface area (Å²) in [5.41, 5.74) is 11.2. The molecule has 0 saturated heterocycles. The average Bonchev–Trinajstić information content (AvgIpc) is 3.07. The van der Waals surface area contributed by atoms with Gasteiger partial charge in [0, 0.05) is 30.7 Å². The molecular weight excluding hydrogens is 518 g/mol. The zero-order valence-corrected chi connectivity index (χ0v) is 23.7. The van der Waals surface area contributed by atoms with Gasteiger partial charge in [0.05, 0.1) is 13.2 Å². The number of aliphatic hydroxyl groups is 1. The van der Waals surface area contributed by atoms with Crippen LogP contribution in [0.25, 0.3) is 11.1 Å². The molecule has 1 heterocycles. The molecule has 0 aliphatic carbocycles. The van der Waals surface area contributed by atoms with Gasteiger partial charge in [0.1, 0.15) is 6.04 Å². The second kappa shape index (κ2) is 13.4. The summed E-state index contributed by atoms with van der Waals surface area (Å²) in [5.74, 6) is -0.372. The number of carbonyl (C=O) groups is 3. The van der Waals surface area contributed by atoms with E-state index in [1.165, 1.54) is 0 Å². The number of anilines is 1. The van der Waals surface area contributed by atoms with Crippen molar-refractivity contribution in [1.29, 1.82) is 0 Å². The van der Waals surface area contributed by atoms with Gasteiger partial charge < -0.3 is 31.7 Å². The highest BCUT2D eigenvalue weighted by Gasteiger charge is 2.32. The lowest BCUT2D eigenvalue weighted by Crippen LogP contribution is -2.49. The molecular formula is C32H39N5O4. The van der Waals surface area contributed by atoms with Gasteiger partial charge in [-0.25, -0.2) is 4.79 Å². The summed E-state index contributed by atoms with van der Waals surface area (Å²) in [4.78, 5) is 40.1. The minimum Gasteiger partial charge on any atom is -0.395 e. The van der Waals surface area contributed by atoms with Crippen LogP contribution in [0, 0.1) is 0 Å². The van der Waals surface area contributed by atoms with Crippen LogP contribution in [0.4, 0.5) is 10.5 Å². The van der Waals surface area contributed by atoms with Crippen molar-refractivity contribution in [3.8, 4) is 11.1 Å². The normalized spacial score (nSPS) is 15.1. The molecule has 0 unspecified atom stereocenters. The predicted octanol–water partition coefficient (Wildman–Crippen LogP) is 3.24. The molecule has 0 aromatic heterocycles. The van der Waals surface area contributed by atoms with E-state index in [2.05, 4.69) is 16.0 Å². The quantitative estimate of drug-likeness (QED) is 0.261. The lowest BCUT2D eigenvalue weighted by Gasteiger charge is -2.27. The Morgan fingerprint density at radius 2 is 1.71 bits per heavy atom. The van der Waals surface area contributed by atoms with Gasteiger partial charge in [-0.05, 0) is 60.6 Å². The predicted molar refractivity (Wildman–Crippen MR) is 160 cm³/mol. The number of nitrogens with zero attached hydrogens (tertiary/aromatic N) is 1. The van der Waals surface area contributed by atoms with Crippen LogP contribution in [-0.2, 0) is 29.1 Å². The number of fused-ring (bicyclic) bond motifs is 1. The van der Waals surface area contributed by atoms with E-state index in [-0.39, 0.29) is 37.4 Å². The number of rotatable bonds is 10. The number of aryl methyl sites for hydroxylation is 1. The van der Waals surface area contributed by atoms with E-state index in [1.54, 1.807) is 18.7 Å². The molecule has 4 amide bonds. The Morgan fingerprint density at radius 3 is 2.44 bits per heavy atom. The van der Waals surface area contributed by atoms with E-state index in [0.717, 1.165) is 33.5 Å². The first-order valence-electron chi connectivity index (χ1n) is 13.9. The highest BCUT2D eigenvalue weighted by atomic mass is 16.3. The maximum atomic E-state index is 13.8. The zero-order chi connectivity index (χ0) is 29.4. The maximum absolute atomic E-state index is 13.8. The van der Waals surface area contributed by atoms with E-state index in [9.17, 15) is 14.4 Å². The van der Waals surface area contributed by atoms with Gasteiger partial charge in [-0.15, -0.1) is 0 Å². The Balaban J connectivity index is 1.52. The largest absolute Gasteiger partial charge is 0.395 e. The number of hydrogen-bond donors (Lipinski definition) is 5. The molecule has 9 nitrogen and oxygen atoms in total. The third kappa shape index (κ3) is 8.15. The van der Waals surface area contributed by atoms with Crippen molar-refractivity contribution in [2.24, 2.45) is 5.73 Å². The van der Waals surface area contributed by atoms with Crippen molar-refractivity contribution in [2.75, 3.05) is 18.1 Å². The van der Waals surface area contributed by atoms with Crippen LogP contribution in [0.3, 0.4) is 0 Å². The van der Waals surface area contributed by atoms with Crippen molar-refractivity contribution in [3.05, 3.63) is 89.5 Å². The Morgan fingerprint density at radius 1 is 1.00 bits per heavy atom. The van der Waals surface area contributed by atoms with E-state index >= 15 is 0 Å². The van der Waals surface area contributed by atoms with Crippen LogP contribution in [0.15, 0.2) is 72.8 Å². The second-order valence-corrected chi connectivity index (χ2v) is 11.1. The molecule has 41 heavy (non-hydrogen) atoms. The minimum absolute atomic E-state index is 0.118. The van der Waals surface area contributed by atoms with Gasteiger partial charge in [0.2, 0.25) is 11.8 Å². The zero-order valence-electron chi connectivity index (χ0n) is 23.7. The fourth-order valence-corrected chi connectivity index (χ4v) is 5.01. The molecule has 1 aliphatic rings. The Kier molecular flexibility index (Phi) is 9.75. The first-order valence-corrected chi connectivity index (χ1v) is 13.9. The number of nitrogens with two attached hydrogens (primary N) is 1. The number of nitrogens with one attached hydrogen (secondary N) is 3. The van der Waals surface area contributed by atoms with Crippen molar-refractivity contribution in [3.63, 3.8) is 0 Å². The molecule has 1 aliphatic heterocycles. The summed E-state index contributed by atoms with van der Waals surface area (Å²) >= 11 is 0. The van der Waals surface area contributed by atoms with Gasteiger partial charge in [0.15, 0.2) is 0 Å². The topological polar surface area (TPSA) is 137 Å². The summed E-state index contributed by atoms with van der Waals surface area (Å²) in [7, 11) is 0. The van der Waals surface area contributed by atoms with Crippen molar-refractivity contribution >= 4 is 23.5 Å². The molecule has 4 rings (SSSR count). The number of aliphatic hydroxyl groups excluding tert-OH is 1. The highest BCUT2D eigenvalue weighted by molar-refractivity contribution is 6.00. The highest BCUT2D eigenvalue weighted by Crippen LogP contribution is 2.30. The van der Waals surface area contributed by atoms with Gasteiger partial charge in [-0.3, -0.25) is 9.59 Å². The molecule has 0 radical (unpaired) electrons. The third-order valence-corrected chi connectivity index (χ3v) is 6.96. The molecule has 3 aromatic carbocycles. The number of para-hydroxylation sites is 1. The van der Waals surface area contributed by atoms with Crippen molar-refractivity contribution in [2.45, 2.75) is 57.8 Å². The first-order chi connectivity index (χ1) is 19.6. The second-order valence-electron chi connectivity index (χ2n) is 11.1. The number of urea groups is 1. The van der Waals surface area contributed by atoms with Crippen LogP contribution < -0.4 is 26.6 Å². The standard InChI is InChI=1S/C32H39N5O4/c1-32(2,33)19-29(39)36-27-16-15-24-7-4-6-10-28(24)37(30(27)40)21-22-11-13-23(14-12-22)26-9-5-3-8-25(26)20-35-31(41)34-17-18-38/h3-14,27,38H,15-21,33H2,1-2H3,(H,36,39)(H2,34,35,41)/t27-/m1/s1. The SMILES string of the molecule is CC(C)(N)CC(=O)N[C@@H]1CCc2ccccc2N(Cc2ccc(-c3ccccc3CNC(=O)NCCO)cc2)C1=O. The lowest BCUT2D eigenvalue weighted by atomic mass is 9.98. The molecule has 3 aromatic rings. The summed E-state index contributed by atoms with van der Waals surface area (Å²) in [6, 6.07) is 22.8. The van der Waals surface area contributed by atoms with Gasteiger partial charge in [-0.2, -0.15) is 0 Å². The van der Waals surface area contributed by atoms with Crippen LogP contribution in [0.1, 0.15) is 43.4 Å².